The molecule has 2 unspecified atom stereocenters. The average Bonchev–Trinajstić information content (AvgIpc) is 3.57. The number of ether oxygens (including phenoxy) is 4. The van der Waals surface area contributed by atoms with Gasteiger partial charge in [0.25, 0.3) is 0 Å². The first-order valence-corrected chi connectivity index (χ1v) is 39.6. The van der Waals surface area contributed by atoms with Gasteiger partial charge in [-0.3, -0.25) is 37.3 Å². The van der Waals surface area contributed by atoms with Gasteiger partial charge in [0.15, 0.2) is 12.2 Å². The Morgan fingerprint density at radius 2 is 0.517 bits per heavy atom. The summed E-state index contributed by atoms with van der Waals surface area (Å²) >= 11 is 0. The molecule has 19 heteroatoms. The second kappa shape index (κ2) is 63.5. The normalized spacial score (nSPS) is 14.1. The van der Waals surface area contributed by atoms with Crippen LogP contribution in [0.2, 0.25) is 0 Å². The van der Waals surface area contributed by atoms with E-state index in [-0.39, 0.29) is 25.7 Å². The van der Waals surface area contributed by atoms with Crippen LogP contribution in [0.1, 0.15) is 362 Å². The number of hydrogen-bond donors (Lipinski definition) is 3. The van der Waals surface area contributed by atoms with E-state index in [9.17, 15) is 43.2 Å². The summed E-state index contributed by atoms with van der Waals surface area (Å²) in [4.78, 5) is 72.2. The van der Waals surface area contributed by atoms with Crippen molar-refractivity contribution in [3.63, 3.8) is 0 Å². The zero-order valence-corrected chi connectivity index (χ0v) is 59.4. The highest BCUT2D eigenvalue weighted by Gasteiger charge is 2.30. The molecule has 0 radical (unpaired) electrons. The highest BCUT2D eigenvalue weighted by atomic mass is 31.2. The quantitative estimate of drug-likeness (QED) is 0.0222. The van der Waals surface area contributed by atoms with Crippen molar-refractivity contribution in [3.05, 3.63) is 0 Å². The summed E-state index contributed by atoms with van der Waals surface area (Å²) in [6.07, 6.45) is 50.3. The van der Waals surface area contributed by atoms with E-state index in [1.54, 1.807) is 0 Å². The van der Waals surface area contributed by atoms with E-state index in [0.717, 1.165) is 121 Å². The summed E-state index contributed by atoms with van der Waals surface area (Å²) in [5, 5.41) is 10.5. The number of carbonyl (C=O) groups is 4. The number of phosphoric ester groups is 2. The maximum atomic E-state index is 13.0. The number of rotatable bonds is 70. The van der Waals surface area contributed by atoms with Crippen molar-refractivity contribution in [1.29, 1.82) is 0 Å². The minimum Gasteiger partial charge on any atom is -0.462 e. The van der Waals surface area contributed by atoms with Crippen molar-refractivity contribution < 1.29 is 80.2 Å². The summed E-state index contributed by atoms with van der Waals surface area (Å²) in [7, 11) is -9.89. The van der Waals surface area contributed by atoms with Crippen LogP contribution in [0, 0.1) is 5.92 Å². The highest BCUT2D eigenvalue weighted by molar-refractivity contribution is 7.47. The Hall–Kier alpha value is -1.94. The van der Waals surface area contributed by atoms with E-state index < -0.39 is 97.5 Å². The number of aliphatic hydroxyl groups excluding tert-OH is 1. The molecule has 0 aromatic rings. The molecule has 0 aliphatic heterocycles. The fourth-order valence-electron chi connectivity index (χ4n) is 10.6. The van der Waals surface area contributed by atoms with Crippen LogP contribution >= 0.6 is 15.6 Å². The van der Waals surface area contributed by atoms with Crippen LogP contribution in [0.4, 0.5) is 0 Å². The molecular formula is C70H136O17P2. The number of unbranched alkanes of at least 4 members (excludes halogenated alkanes) is 42. The second-order valence-corrected chi connectivity index (χ2v) is 28.7. The van der Waals surface area contributed by atoms with Gasteiger partial charge in [0.1, 0.15) is 19.3 Å². The van der Waals surface area contributed by atoms with Gasteiger partial charge in [-0.25, -0.2) is 9.13 Å². The molecule has 0 aliphatic carbocycles. The van der Waals surface area contributed by atoms with Crippen LogP contribution in [0.25, 0.3) is 0 Å². The van der Waals surface area contributed by atoms with Gasteiger partial charge in [0.2, 0.25) is 0 Å². The molecule has 0 aromatic heterocycles. The molecule has 3 N–H and O–H groups in total. The number of carbonyl (C=O) groups excluding carboxylic acids is 4. The van der Waals surface area contributed by atoms with Gasteiger partial charge in [-0.15, -0.1) is 0 Å². The van der Waals surface area contributed by atoms with E-state index in [2.05, 4.69) is 34.6 Å². The predicted molar refractivity (Wildman–Crippen MR) is 358 cm³/mol. The van der Waals surface area contributed by atoms with Crippen LogP contribution in [-0.2, 0) is 65.4 Å². The van der Waals surface area contributed by atoms with Crippen molar-refractivity contribution >= 4 is 39.5 Å². The Labute approximate surface area is 543 Å². The second-order valence-electron chi connectivity index (χ2n) is 25.7. The molecular weight excluding hydrogens is 1170 g/mol. The van der Waals surface area contributed by atoms with Gasteiger partial charge < -0.3 is 33.8 Å². The van der Waals surface area contributed by atoms with E-state index in [4.69, 9.17) is 37.0 Å². The predicted octanol–water partition coefficient (Wildman–Crippen LogP) is 20.1. The zero-order chi connectivity index (χ0) is 65.6. The van der Waals surface area contributed by atoms with Crippen LogP contribution in [-0.4, -0.2) is 96.7 Å². The first-order valence-electron chi connectivity index (χ1n) is 36.6. The summed E-state index contributed by atoms with van der Waals surface area (Å²) in [6.45, 7) is 7.19. The van der Waals surface area contributed by atoms with E-state index in [0.29, 0.717) is 25.7 Å². The van der Waals surface area contributed by atoms with Crippen LogP contribution in [0.3, 0.4) is 0 Å². The molecule has 0 aliphatic rings. The van der Waals surface area contributed by atoms with Gasteiger partial charge in [0, 0.05) is 25.7 Å². The van der Waals surface area contributed by atoms with Gasteiger partial charge in [0.05, 0.1) is 26.4 Å². The Balaban J connectivity index is 5.14. The summed E-state index contributed by atoms with van der Waals surface area (Å²) in [6, 6.07) is 0. The number of hydrogen-bond acceptors (Lipinski definition) is 15. The Kier molecular flexibility index (Phi) is 62.1. The summed E-state index contributed by atoms with van der Waals surface area (Å²) < 4.78 is 68.0. The molecule has 89 heavy (non-hydrogen) atoms. The average molecular weight is 1310 g/mol. The molecule has 0 saturated heterocycles. The molecule has 0 fully saturated rings. The SMILES string of the molecule is CCCCCCCCCCCCCCCCCCCC(=O)OC[C@H](COP(=O)(O)OC[C@@H](O)COP(=O)(O)OC[C@@H](COC(=O)CCCCCCCCC)OC(=O)CCCCCCCCC)OC(=O)CCCCCCCCCCCCCCCCCC(C)C. The smallest absolute Gasteiger partial charge is 0.462 e. The number of phosphoric acid groups is 2. The van der Waals surface area contributed by atoms with Crippen molar-refractivity contribution in [2.45, 2.75) is 380 Å². The van der Waals surface area contributed by atoms with E-state index in [1.807, 2.05) is 0 Å². The summed E-state index contributed by atoms with van der Waals surface area (Å²) in [5.74, 6) is -1.33. The zero-order valence-electron chi connectivity index (χ0n) is 57.6. The largest absolute Gasteiger partial charge is 0.472 e. The van der Waals surface area contributed by atoms with Crippen molar-refractivity contribution in [2.75, 3.05) is 39.6 Å². The molecule has 17 nitrogen and oxygen atoms in total. The first-order chi connectivity index (χ1) is 43.0. The number of esters is 4. The van der Waals surface area contributed by atoms with Crippen molar-refractivity contribution in [3.8, 4) is 0 Å². The van der Waals surface area contributed by atoms with Gasteiger partial charge in [-0.2, -0.15) is 0 Å². The standard InChI is InChI=1S/C70H136O17P2/c1-6-9-12-15-18-19-20-21-22-23-26-29-32-35-40-44-49-54-68(73)81-60-66(87-70(75)56-51-46-41-36-33-30-27-24-25-28-31-34-39-42-47-52-63(4)5)62-85-89(78,79)83-58-64(71)57-82-88(76,77)84-61-65(86-69(74)55-50-45-38-17-14-11-8-3)59-80-67(72)53-48-43-37-16-13-10-7-2/h63-66,71H,6-62H2,1-5H3,(H,76,77)(H,78,79)/t64-,65+,66+/m0/s1. The Morgan fingerprint density at radius 3 is 0.764 bits per heavy atom. The first kappa shape index (κ1) is 87.1. The van der Waals surface area contributed by atoms with E-state index >= 15 is 0 Å². The monoisotopic (exact) mass is 1310 g/mol. The van der Waals surface area contributed by atoms with Crippen molar-refractivity contribution in [2.24, 2.45) is 5.92 Å². The van der Waals surface area contributed by atoms with Crippen LogP contribution in [0.15, 0.2) is 0 Å². The van der Waals surface area contributed by atoms with Gasteiger partial charge >= 0.3 is 39.5 Å². The lowest BCUT2D eigenvalue weighted by atomic mass is 10.0. The molecule has 528 valence electrons. The van der Waals surface area contributed by atoms with Gasteiger partial charge in [-0.05, 0) is 31.6 Å². The molecule has 0 heterocycles. The minimum atomic E-state index is -4.95. The third-order valence-corrected chi connectivity index (χ3v) is 18.2. The van der Waals surface area contributed by atoms with Crippen molar-refractivity contribution in [1.82, 2.24) is 0 Å². The molecule has 0 amide bonds. The fourth-order valence-corrected chi connectivity index (χ4v) is 12.2. The topological polar surface area (TPSA) is 237 Å². The van der Waals surface area contributed by atoms with Crippen LogP contribution in [0.5, 0.6) is 0 Å². The molecule has 0 bridgehead atoms. The lowest BCUT2D eigenvalue weighted by molar-refractivity contribution is -0.161. The lowest BCUT2D eigenvalue weighted by Crippen LogP contribution is -2.30. The van der Waals surface area contributed by atoms with Gasteiger partial charge in [-0.1, -0.05) is 311 Å². The fraction of sp³-hybridized carbons (Fsp3) is 0.943. The number of aliphatic hydroxyl groups is 1. The summed E-state index contributed by atoms with van der Waals surface area (Å²) in [5.41, 5.74) is 0. The lowest BCUT2D eigenvalue weighted by Gasteiger charge is -2.21. The van der Waals surface area contributed by atoms with E-state index in [1.165, 1.54) is 161 Å². The van der Waals surface area contributed by atoms with Crippen LogP contribution < -0.4 is 0 Å². The molecule has 0 aromatic carbocycles. The molecule has 0 saturated carbocycles. The molecule has 5 atom stereocenters. The highest BCUT2D eigenvalue weighted by Crippen LogP contribution is 2.45. The molecule has 0 spiro atoms. The maximum absolute atomic E-state index is 13.0. The Morgan fingerprint density at radius 1 is 0.303 bits per heavy atom. The third-order valence-electron chi connectivity index (χ3n) is 16.3. The maximum Gasteiger partial charge on any atom is 0.472 e. The molecule has 0 rings (SSSR count). The Bertz CT molecular complexity index is 1720. The third kappa shape index (κ3) is 64.6. The minimum absolute atomic E-state index is 0.104.